The fourth-order valence-corrected chi connectivity index (χ4v) is 3.45. The molecule has 0 aromatic carbocycles. The number of anilines is 1. The van der Waals surface area contributed by atoms with Crippen molar-refractivity contribution in [2.75, 3.05) is 37.7 Å². The molecule has 1 saturated heterocycles. The van der Waals surface area contributed by atoms with Gasteiger partial charge < -0.3 is 20.7 Å². The van der Waals surface area contributed by atoms with Gasteiger partial charge in [0, 0.05) is 32.4 Å². The lowest BCUT2D eigenvalue weighted by molar-refractivity contribution is -0.130. The first-order valence-corrected chi connectivity index (χ1v) is 8.49. The van der Waals surface area contributed by atoms with E-state index >= 15 is 0 Å². The summed E-state index contributed by atoms with van der Waals surface area (Å²) >= 11 is 0. The van der Waals surface area contributed by atoms with E-state index in [9.17, 15) is 4.79 Å². The molecule has 0 unspecified atom stereocenters. The summed E-state index contributed by atoms with van der Waals surface area (Å²) in [7, 11) is 0. The summed E-state index contributed by atoms with van der Waals surface area (Å²) in [5.41, 5.74) is 6.52. The van der Waals surface area contributed by atoms with Crippen LogP contribution < -0.4 is 16.0 Å². The highest BCUT2D eigenvalue weighted by Crippen LogP contribution is 2.37. The quantitative estimate of drug-likeness (QED) is 0.848. The van der Waals surface area contributed by atoms with E-state index in [0.717, 1.165) is 63.4 Å². The number of nitrogens with one attached hydrogen (secondary N) is 1. The summed E-state index contributed by atoms with van der Waals surface area (Å²) in [5.74, 6) is 1.06. The number of carbonyl (C=O) groups is 1. The van der Waals surface area contributed by atoms with Crippen LogP contribution in [0.4, 0.5) is 5.82 Å². The van der Waals surface area contributed by atoms with Gasteiger partial charge in [-0.2, -0.15) is 0 Å². The molecule has 1 aliphatic heterocycles. The number of nitrogens with two attached hydrogens (primary N) is 1. The summed E-state index contributed by atoms with van der Waals surface area (Å²) in [4.78, 5) is 19.2. The van der Waals surface area contributed by atoms with Crippen LogP contribution in [0.2, 0.25) is 0 Å². The monoisotopic (exact) mass is 318 g/mol. The molecule has 6 heteroatoms. The van der Waals surface area contributed by atoms with E-state index in [1.54, 1.807) is 0 Å². The second kappa shape index (κ2) is 7.27. The highest BCUT2D eigenvalue weighted by molar-refractivity contribution is 5.83. The van der Waals surface area contributed by atoms with Gasteiger partial charge in [-0.15, -0.1) is 0 Å². The first-order valence-electron chi connectivity index (χ1n) is 8.49. The number of hydrogen-bond donors (Lipinski definition) is 2. The van der Waals surface area contributed by atoms with Gasteiger partial charge in [-0.3, -0.25) is 4.79 Å². The van der Waals surface area contributed by atoms with Crippen LogP contribution in [0.25, 0.3) is 0 Å². The molecule has 23 heavy (non-hydrogen) atoms. The maximum absolute atomic E-state index is 12.5. The summed E-state index contributed by atoms with van der Waals surface area (Å²) in [6, 6.07) is 4.04. The Hall–Kier alpha value is -1.66. The van der Waals surface area contributed by atoms with Gasteiger partial charge in [-0.05, 0) is 24.5 Å². The van der Waals surface area contributed by atoms with Crippen molar-refractivity contribution in [1.29, 1.82) is 0 Å². The minimum Gasteiger partial charge on any atom is -0.378 e. The molecule has 2 fully saturated rings. The molecule has 1 saturated carbocycles. The minimum absolute atomic E-state index is 0.0924. The van der Waals surface area contributed by atoms with Gasteiger partial charge in [0.2, 0.25) is 5.91 Å². The first-order chi connectivity index (χ1) is 11.2. The Balaban J connectivity index is 1.55. The third kappa shape index (κ3) is 3.64. The Morgan fingerprint density at radius 3 is 2.65 bits per heavy atom. The molecule has 2 aliphatic rings. The molecule has 126 valence electrons. The van der Waals surface area contributed by atoms with Crippen LogP contribution >= 0.6 is 0 Å². The predicted octanol–water partition coefficient (Wildman–Crippen LogP) is 1.05. The molecule has 1 aromatic heterocycles. The number of nitrogens with zero attached hydrogens (tertiary/aromatic N) is 2. The van der Waals surface area contributed by atoms with E-state index in [4.69, 9.17) is 10.5 Å². The number of carbonyl (C=O) groups excluding carboxylic acids is 1. The summed E-state index contributed by atoms with van der Waals surface area (Å²) < 4.78 is 5.35. The van der Waals surface area contributed by atoms with Crippen LogP contribution in [-0.4, -0.2) is 43.7 Å². The van der Waals surface area contributed by atoms with Crippen LogP contribution in [0.15, 0.2) is 18.3 Å². The van der Waals surface area contributed by atoms with Crippen LogP contribution in [0, 0.1) is 5.41 Å². The van der Waals surface area contributed by atoms with Gasteiger partial charge >= 0.3 is 0 Å². The van der Waals surface area contributed by atoms with Gasteiger partial charge in [-0.1, -0.05) is 18.9 Å². The Kier molecular flexibility index (Phi) is 5.13. The van der Waals surface area contributed by atoms with Gasteiger partial charge in [-0.25, -0.2) is 4.98 Å². The zero-order valence-electron chi connectivity index (χ0n) is 13.6. The largest absolute Gasteiger partial charge is 0.378 e. The average molecular weight is 318 g/mol. The third-order valence-corrected chi connectivity index (χ3v) is 5.03. The molecule has 1 aliphatic carbocycles. The summed E-state index contributed by atoms with van der Waals surface area (Å²) in [6.07, 6.45) is 5.85. The standard InChI is InChI=1S/C17H26N4O2/c18-13-17(5-1-2-6-17)16(22)20-12-14-3-4-15(19-11-14)21-7-9-23-10-8-21/h3-4,11H,1-2,5-10,12-13,18H2,(H,20,22). The van der Waals surface area contributed by atoms with Crippen LogP contribution in [0.3, 0.4) is 0 Å². The van der Waals surface area contributed by atoms with Crippen molar-refractivity contribution in [2.24, 2.45) is 11.1 Å². The van der Waals surface area contributed by atoms with Crippen molar-refractivity contribution in [3.05, 3.63) is 23.9 Å². The topological polar surface area (TPSA) is 80.5 Å². The van der Waals surface area contributed by atoms with E-state index in [1.165, 1.54) is 0 Å². The van der Waals surface area contributed by atoms with E-state index in [1.807, 2.05) is 18.3 Å². The van der Waals surface area contributed by atoms with Gasteiger partial charge in [0.25, 0.3) is 0 Å². The molecule has 1 amide bonds. The molecule has 0 atom stereocenters. The third-order valence-electron chi connectivity index (χ3n) is 5.03. The normalized spacial score (nSPS) is 20.5. The molecule has 2 heterocycles. The van der Waals surface area contributed by atoms with E-state index in [-0.39, 0.29) is 11.3 Å². The molecule has 0 bridgehead atoms. The molecule has 1 aromatic rings. The lowest BCUT2D eigenvalue weighted by atomic mass is 9.85. The summed E-state index contributed by atoms with van der Waals surface area (Å²) in [6.45, 7) is 4.20. The van der Waals surface area contributed by atoms with E-state index < -0.39 is 0 Å². The zero-order chi connectivity index (χ0) is 16.1. The summed E-state index contributed by atoms with van der Waals surface area (Å²) in [5, 5.41) is 3.04. The van der Waals surface area contributed by atoms with Crippen molar-refractivity contribution in [1.82, 2.24) is 10.3 Å². The molecule has 0 spiro atoms. The number of aromatic nitrogens is 1. The van der Waals surface area contributed by atoms with Crippen molar-refractivity contribution in [3.63, 3.8) is 0 Å². The Morgan fingerprint density at radius 2 is 2.04 bits per heavy atom. The fourth-order valence-electron chi connectivity index (χ4n) is 3.45. The smallest absolute Gasteiger partial charge is 0.227 e. The molecule has 3 N–H and O–H groups in total. The maximum Gasteiger partial charge on any atom is 0.227 e. The highest BCUT2D eigenvalue weighted by atomic mass is 16.5. The van der Waals surface area contributed by atoms with Crippen LogP contribution in [0.1, 0.15) is 31.2 Å². The number of morpholine rings is 1. The number of hydrogen-bond acceptors (Lipinski definition) is 5. The zero-order valence-corrected chi connectivity index (χ0v) is 13.6. The Morgan fingerprint density at radius 1 is 1.30 bits per heavy atom. The van der Waals surface area contributed by atoms with Crippen molar-refractivity contribution < 1.29 is 9.53 Å². The number of ether oxygens (including phenoxy) is 1. The maximum atomic E-state index is 12.5. The lowest BCUT2D eigenvalue weighted by Crippen LogP contribution is -2.43. The first kappa shape index (κ1) is 16.2. The van der Waals surface area contributed by atoms with Crippen LogP contribution in [-0.2, 0) is 16.1 Å². The van der Waals surface area contributed by atoms with Gasteiger partial charge in [0.1, 0.15) is 5.82 Å². The van der Waals surface area contributed by atoms with E-state index in [2.05, 4.69) is 15.2 Å². The van der Waals surface area contributed by atoms with Crippen molar-refractivity contribution in [2.45, 2.75) is 32.2 Å². The number of amides is 1. The Labute approximate surface area is 137 Å². The second-order valence-corrected chi connectivity index (χ2v) is 6.50. The average Bonchev–Trinajstić information content (AvgIpc) is 3.11. The number of pyridine rings is 1. The SMILES string of the molecule is NCC1(C(=O)NCc2ccc(N3CCOCC3)nc2)CCCC1. The van der Waals surface area contributed by atoms with Gasteiger partial charge in [0.05, 0.1) is 18.6 Å². The van der Waals surface area contributed by atoms with Crippen molar-refractivity contribution >= 4 is 11.7 Å². The molecular formula is C17H26N4O2. The van der Waals surface area contributed by atoms with Crippen molar-refractivity contribution in [3.8, 4) is 0 Å². The second-order valence-electron chi connectivity index (χ2n) is 6.50. The fraction of sp³-hybridized carbons (Fsp3) is 0.647. The molecule has 0 radical (unpaired) electrons. The highest BCUT2D eigenvalue weighted by Gasteiger charge is 2.39. The number of rotatable bonds is 5. The minimum atomic E-state index is -0.346. The molecular weight excluding hydrogens is 292 g/mol. The molecule has 3 rings (SSSR count). The lowest BCUT2D eigenvalue weighted by Gasteiger charge is -2.28. The molecule has 6 nitrogen and oxygen atoms in total. The van der Waals surface area contributed by atoms with E-state index in [0.29, 0.717) is 13.1 Å². The predicted molar refractivity (Wildman–Crippen MR) is 89.1 cm³/mol. The van der Waals surface area contributed by atoms with Crippen LogP contribution in [0.5, 0.6) is 0 Å². The Bertz CT molecular complexity index is 520. The van der Waals surface area contributed by atoms with Gasteiger partial charge in [0.15, 0.2) is 0 Å².